The molecule has 5 heteroatoms. The van der Waals surface area contributed by atoms with Crippen LogP contribution in [-0.4, -0.2) is 5.43 Å². The lowest BCUT2D eigenvalue weighted by Crippen LogP contribution is -1.96. The molecule has 2 nitrogen and oxygen atoms in total. The molecule has 0 unspecified atom stereocenters. The van der Waals surface area contributed by atoms with Crippen LogP contribution in [0.1, 0.15) is 10.4 Å². The number of carbonyl (C=O) groups is 1. The minimum absolute atomic E-state index is 0.525. The predicted octanol–water partition coefficient (Wildman–Crippen LogP) is 3.87. The minimum atomic E-state index is -0.809. The summed E-state index contributed by atoms with van der Waals surface area (Å²) in [6.45, 7) is 3.84. The smallest absolute Gasteiger partial charge is 0.409 e. The molecule has 0 amide bonds. The molecule has 1 heterocycles. The Balaban J connectivity index is 3.05. The van der Waals surface area contributed by atoms with Crippen molar-refractivity contribution in [1.82, 2.24) is 0 Å². The van der Waals surface area contributed by atoms with Crippen molar-refractivity contribution in [2.45, 2.75) is 13.8 Å². The van der Waals surface area contributed by atoms with Gasteiger partial charge in [0.1, 0.15) is 3.79 Å². The van der Waals surface area contributed by atoms with Crippen LogP contribution in [0.5, 0.6) is 5.75 Å². The van der Waals surface area contributed by atoms with Gasteiger partial charge in [-0.1, -0.05) is 0 Å². The van der Waals surface area contributed by atoms with E-state index < -0.39 is 5.43 Å². The van der Waals surface area contributed by atoms with Crippen LogP contribution in [0.25, 0.3) is 0 Å². The van der Waals surface area contributed by atoms with Gasteiger partial charge in [0, 0.05) is 22.0 Å². The molecule has 1 aromatic heterocycles. The zero-order chi connectivity index (χ0) is 9.30. The Morgan fingerprint density at radius 3 is 2.50 bits per heavy atom. The Kier molecular flexibility index (Phi) is 3.15. The van der Waals surface area contributed by atoms with Crippen LogP contribution < -0.4 is 4.74 Å². The van der Waals surface area contributed by atoms with Gasteiger partial charge in [0.25, 0.3) is 0 Å². The number of halogens is 2. The van der Waals surface area contributed by atoms with Crippen LogP contribution in [0.15, 0.2) is 3.79 Å². The summed E-state index contributed by atoms with van der Waals surface area (Å²) in [6.07, 6.45) is 0. The Hall–Kier alpha value is -0.0600. The second kappa shape index (κ2) is 3.77. The van der Waals surface area contributed by atoms with Gasteiger partial charge >= 0.3 is 5.43 Å². The van der Waals surface area contributed by atoms with E-state index in [2.05, 4.69) is 15.9 Å². The largest absolute Gasteiger partial charge is 0.412 e. The minimum Gasteiger partial charge on any atom is -0.412 e. The molecule has 12 heavy (non-hydrogen) atoms. The van der Waals surface area contributed by atoms with E-state index in [9.17, 15) is 4.79 Å². The van der Waals surface area contributed by atoms with Crippen LogP contribution >= 0.6 is 38.9 Å². The van der Waals surface area contributed by atoms with E-state index >= 15 is 0 Å². The van der Waals surface area contributed by atoms with Gasteiger partial charge in [0.15, 0.2) is 5.75 Å². The first kappa shape index (κ1) is 10.0. The molecule has 0 bridgehead atoms. The third kappa shape index (κ3) is 2.00. The van der Waals surface area contributed by atoms with E-state index in [1.807, 2.05) is 13.8 Å². The fourth-order valence-electron chi connectivity index (χ4n) is 0.762. The molecule has 1 aromatic rings. The quantitative estimate of drug-likeness (QED) is 0.724. The van der Waals surface area contributed by atoms with Gasteiger partial charge in [0.05, 0.1) is 0 Å². The zero-order valence-corrected chi connectivity index (χ0v) is 9.64. The molecule has 0 N–H and O–H groups in total. The Morgan fingerprint density at radius 1 is 1.58 bits per heavy atom. The van der Waals surface area contributed by atoms with E-state index in [1.165, 1.54) is 11.3 Å². The average molecular weight is 270 g/mol. The fourth-order valence-corrected chi connectivity index (χ4v) is 2.75. The van der Waals surface area contributed by atoms with Crippen LogP contribution in [0, 0.1) is 13.8 Å². The maximum absolute atomic E-state index is 10.5. The summed E-state index contributed by atoms with van der Waals surface area (Å²) in [5.74, 6) is 0.525. The summed E-state index contributed by atoms with van der Waals surface area (Å²) in [6, 6.07) is 0. The molecule has 0 radical (unpaired) electrons. The van der Waals surface area contributed by atoms with Gasteiger partial charge in [-0.25, -0.2) is 4.79 Å². The topological polar surface area (TPSA) is 26.3 Å². The molecule has 0 atom stereocenters. The Bertz CT molecular complexity index is 321. The van der Waals surface area contributed by atoms with Crippen LogP contribution in [-0.2, 0) is 0 Å². The average Bonchev–Trinajstić information content (AvgIpc) is 2.16. The van der Waals surface area contributed by atoms with Crippen molar-refractivity contribution < 1.29 is 9.53 Å². The van der Waals surface area contributed by atoms with Crippen molar-refractivity contribution in [3.05, 3.63) is 14.2 Å². The molecule has 0 aromatic carbocycles. The summed E-state index contributed by atoms with van der Waals surface area (Å²) in [5, 5.41) is 0. The molecular weight excluding hydrogens is 263 g/mol. The first-order chi connectivity index (χ1) is 5.52. The van der Waals surface area contributed by atoms with Gasteiger partial charge in [-0.05, 0) is 29.8 Å². The second-order valence-electron chi connectivity index (χ2n) is 2.23. The summed E-state index contributed by atoms with van der Waals surface area (Å²) in [5.41, 5.74) is 0.137. The highest BCUT2D eigenvalue weighted by molar-refractivity contribution is 9.11. The van der Waals surface area contributed by atoms with Crippen molar-refractivity contribution >= 4 is 44.3 Å². The van der Waals surface area contributed by atoms with Gasteiger partial charge in [-0.2, -0.15) is 0 Å². The van der Waals surface area contributed by atoms with E-state index in [0.29, 0.717) is 5.75 Å². The highest BCUT2D eigenvalue weighted by Crippen LogP contribution is 2.38. The molecule has 0 aliphatic carbocycles. The fraction of sp³-hybridized carbons (Fsp3) is 0.286. The van der Waals surface area contributed by atoms with Crippen LogP contribution in [0.3, 0.4) is 0 Å². The first-order valence-corrected chi connectivity index (χ1v) is 5.14. The number of aryl methyl sites for hydroxylation is 1. The molecule has 0 fully saturated rings. The molecule has 0 aliphatic rings. The molecule has 0 spiro atoms. The molecule has 0 saturated heterocycles. The third-order valence-corrected chi connectivity index (χ3v) is 3.37. The van der Waals surface area contributed by atoms with Crippen molar-refractivity contribution in [3.8, 4) is 5.75 Å². The van der Waals surface area contributed by atoms with Crippen molar-refractivity contribution in [2.24, 2.45) is 0 Å². The lowest BCUT2D eigenvalue weighted by molar-refractivity contribution is 0.225. The Labute approximate surface area is 87.6 Å². The summed E-state index contributed by atoms with van der Waals surface area (Å²) >= 11 is 9.89. The van der Waals surface area contributed by atoms with Crippen LogP contribution in [0.2, 0.25) is 0 Å². The van der Waals surface area contributed by atoms with E-state index in [0.717, 1.165) is 14.2 Å². The molecule has 0 aliphatic heterocycles. The maximum Gasteiger partial charge on any atom is 0.409 e. The zero-order valence-electron chi connectivity index (χ0n) is 6.48. The number of rotatable bonds is 1. The number of hydrogen-bond acceptors (Lipinski definition) is 3. The van der Waals surface area contributed by atoms with Gasteiger partial charge in [0.2, 0.25) is 0 Å². The summed E-state index contributed by atoms with van der Waals surface area (Å²) < 4.78 is 5.58. The lowest BCUT2D eigenvalue weighted by Gasteiger charge is -1.98. The number of hydrogen-bond donors (Lipinski definition) is 0. The monoisotopic (exact) mass is 268 g/mol. The van der Waals surface area contributed by atoms with Crippen molar-refractivity contribution in [3.63, 3.8) is 0 Å². The molecule has 66 valence electrons. The standard InChI is InChI=1S/C7H6BrClO2S/c1-3-4(2)12-6(8)5(3)11-7(9)10/h1-2H3. The highest BCUT2D eigenvalue weighted by Gasteiger charge is 2.13. The van der Waals surface area contributed by atoms with E-state index in [4.69, 9.17) is 16.3 Å². The van der Waals surface area contributed by atoms with Gasteiger partial charge in [-0.15, -0.1) is 11.3 Å². The van der Waals surface area contributed by atoms with Crippen molar-refractivity contribution in [1.29, 1.82) is 0 Å². The third-order valence-electron chi connectivity index (χ3n) is 1.47. The lowest BCUT2D eigenvalue weighted by atomic mass is 10.3. The molecule has 0 saturated carbocycles. The molecular formula is C7H6BrClO2S. The first-order valence-electron chi connectivity index (χ1n) is 3.15. The van der Waals surface area contributed by atoms with Crippen LogP contribution in [0.4, 0.5) is 4.79 Å². The summed E-state index contributed by atoms with van der Waals surface area (Å²) in [7, 11) is 0. The summed E-state index contributed by atoms with van der Waals surface area (Å²) in [4.78, 5) is 11.6. The van der Waals surface area contributed by atoms with E-state index in [-0.39, 0.29) is 0 Å². The van der Waals surface area contributed by atoms with Gasteiger partial charge < -0.3 is 4.74 Å². The molecule has 1 rings (SSSR count). The normalized spacial score (nSPS) is 10.0. The second-order valence-corrected chi connectivity index (χ2v) is 5.08. The Morgan fingerprint density at radius 2 is 2.17 bits per heavy atom. The predicted molar refractivity (Wildman–Crippen MR) is 53.4 cm³/mol. The maximum atomic E-state index is 10.5. The SMILES string of the molecule is Cc1sc(Br)c(OC(=O)Cl)c1C. The van der Waals surface area contributed by atoms with E-state index in [1.54, 1.807) is 0 Å². The highest BCUT2D eigenvalue weighted by atomic mass is 79.9. The number of ether oxygens (including phenoxy) is 1. The number of carbonyl (C=O) groups excluding carboxylic acids is 1. The van der Waals surface area contributed by atoms with Gasteiger partial charge in [-0.3, -0.25) is 0 Å². The number of thiophene rings is 1. The van der Waals surface area contributed by atoms with Crippen molar-refractivity contribution in [2.75, 3.05) is 0 Å².